The number of nitro benzene ring substituents is 1. The topological polar surface area (TPSA) is 83.8 Å². The van der Waals surface area contributed by atoms with Crippen molar-refractivity contribution in [1.82, 2.24) is 9.80 Å². The zero-order chi connectivity index (χ0) is 32.4. The molecule has 1 aliphatic heterocycles. The molecule has 4 rings (SSSR count). The highest BCUT2D eigenvalue weighted by molar-refractivity contribution is 5.96. The molecule has 7 nitrogen and oxygen atoms in total. The number of rotatable bonds is 6. The Labute approximate surface area is 248 Å². The van der Waals surface area contributed by atoms with E-state index in [2.05, 4.69) is 0 Å². The van der Waals surface area contributed by atoms with Crippen molar-refractivity contribution in [2.75, 3.05) is 19.6 Å². The molecule has 0 N–H and O–H groups in total. The van der Waals surface area contributed by atoms with Gasteiger partial charge in [-0.15, -0.1) is 0 Å². The standard InChI is InChI=1S/C31H27F6N3O4/c1-19-3-4-22(13-20(19)2)14-27-18-38(28(41)10-7-21-5-8-26(9-6-21)40(43)44)11-12-39(27)29(42)23-15-24(30(32,33)34)17-25(16-23)31(35,36)37/h3-10,13,15-17,27H,11-12,14,18H2,1-2H3/b10-7+/t27-/m1/s1. The second-order valence-corrected chi connectivity index (χ2v) is 10.5. The number of piperazine rings is 1. The van der Waals surface area contributed by atoms with Crippen molar-refractivity contribution in [3.8, 4) is 0 Å². The Kier molecular flexibility index (Phi) is 9.17. The van der Waals surface area contributed by atoms with Crippen LogP contribution in [0.5, 0.6) is 0 Å². The van der Waals surface area contributed by atoms with Gasteiger partial charge < -0.3 is 9.80 Å². The molecule has 232 valence electrons. The van der Waals surface area contributed by atoms with Gasteiger partial charge in [0.1, 0.15) is 0 Å². The quantitative estimate of drug-likeness (QED) is 0.131. The van der Waals surface area contributed by atoms with E-state index < -0.39 is 51.8 Å². The fourth-order valence-corrected chi connectivity index (χ4v) is 4.92. The molecule has 2 amide bonds. The predicted octanol–water partition coefficient (Wildman–Crippen LogP) is 6.86. The number of alkyl halides is 6. The molecular formula is C31H27F6N3O4. The molecule has 0 radical (unpaired) electrons. The third kappa shape index (κ3) is 7.63. The van der Waals surface area contributed by atoms with Gasteiger partial charge in [0, 0.05) is 43.4 Å². The minimum Gasteiger partial charge on any atom is -0.335 e. The first-order valence-electron chi connectivity index (χ1n) is 13.4. The van der Waals surface area contributed by atoms with Gasteiger partial charge in [-0.05, 0) is 78.9 Å². The maximum absolute atomic E-state index is 13.6. The number of aryl methyl sites for hydroxylation is 2. The van der Waals surface area contributed by atoms with E-state index in [9.17, 15) is 46.0 Å². The number of hydrogen-bond acceptors (Lipinski definition) is 4. The molecule has 0 spiro atoms. The summed E-state index contributed by atoms with van der Waals surface area (Å²) in [5.41, 5.74) is -0.814. The molecule has 13 heteroatoms. The largest absolute Gasteiger partial charge is 0.416 e. The normalized spacial score (nSPS) is 16.0. The van der Waals surface area contributed by atoms with Crippen molar-refractivity contribution in [1.29, 1.82) is 0 Å². The second kappa shape index (κ2) is 12.5. The molecule has 0 aromatic heterocycles. The van der Waals surface area contributed by atoms with E-state index in [1.54, 1.807) is 0 Å². The summed E-state index contributed by atoms with van der Waals surface area (Å²) >= 11 is 0. The lowest BCUT2D eigenvalue weighted by atomic mass is 9.97. The highest BCUT2D eigenvalue weighted by atomic mass is 19.4. The van der Waals surface area contributed by atoms with Gasteiger partial charge in [0.2, 0.25) is 5.91 Å². The van der Waals surface area contributed by atoms with Crippen LogP contribution in [-0.4, -0.2) is 52.2 Å². The van der Waals surface area contributed by atoms with Gasteiger partial charge in [0.05, 0.1) is 22.1 Å². The van der Waals surface area contributed by atoms with E-state index >= 15 is 0 Å². The first-order chi connectivity index (χ1) is 20.5. The van der Waals surface area contributed by atoms with Crippen molar-refractivity contribution in [3.63, 3.8) is 0 Å². The van der Waals surface area contributed by atoms with Gasteiger partial charge in [-0.2, -0.15) is 26.3 Å². The molecule has 1 saturated heterocycles. The van der Waals surface area contributed by atoms with Gasteiger partial charge in [-0.1, -0.05) is 18.2 Å². The van der Waals surface area contributed by atoms with Crippen LogP contribution in [0.4, 0.5) is 32.0 Å². The molecule has 1 heterocycles. The van der Waals surface area contributed by atoms with Gasteiger partial charge in [-0.3, -0.25) is 19.7 Å². The van der Waals surface area contributed by atoms with Crippen molar-refractivity contribution in [3.05, 3.63) is 116 Å². The number of non-ortho nitro benzene ring substituents is 1. The summed E-state index contributed by atoms with van der Waals surface area (Å²) in [7, 11) is 0. The maximum atomic E-state index is 13.6. The molecule has 3 aromatic carbocycles. The Morgan fingerprint density at radius 1 is 0.886 bits per heavy atom. The lowest BCUT2D eigenvalue weighted by Crippen LogP contribution is -2.57. The molecule has 44 heavy (non-hydrogen) atoms. The maximum Gasteiger partial charge on any atom is 0.416 e. The molecule has 0 saturated carbocycles. The number of carbonyl (C=O) groups is 2. The lowest BCUT2D eigenvalue weighted by molar-refractivity contribution is -0.384. The smallest absolute Gasteiger partial charge is 0.335 e. The van der Waals surface area contributed by atoms with Crippen LogP contribution >= 0.6 is 0 Å². The number of nitrogens with zero attached hydrogens (tertiary/aromatic N) is 3. The van der Waals surface area contributed by atoms with Crippen molar-refractivity contribution in [2.45, 2.75) is 38.7 Å². The highest BCUT2D eigenvalue weighted by Gasteiger charge is 2.39. The number of hydrogen-bond donors (Lipinski definition) is 0. The summed E-state index contributed by atoms with van der Waals surface area (Å²) in [6, 6.07) is 11.1. The predicted molar refractivity (Wildman–Crippen MR) is 150 cm³/mol. The molecule has 0 unspecified atom stereocenters. The van der Waals surface area contributed by atoms with E-state index in [-0.39, 0.29) is 37.8 Å². The fraction of sp³-hybridized carbons (Fsp3) is 0.290. The Hall–Kier alpha value is -4.68. The average molecular weight is 620 g/mol. The van der Waals surface area contributed by atoms with Crippen LogP contribution in [0.2, 0.25) is 0 Å². The lowest BCUT2D eigenvalue weighted by Gasteiger charge is -2.41. The van der Waals surface area contributed by atoms with Crippen molar-refractivity contribution >= 4 is 23.6 Å². The van der Waals surface area contributed by atoms with Crippen LogP contribution in [0.25, 0.3) is 6.08 Å². The third-order valence-corrected chi connectivity index (χ3v) is 7.45. The Bertz CT molecular complexity index is 1570. The molecular weight excluding hydrogens is 592 g/mol. The number of halogens is 6. The van der Waals surface area contributed by atoms with Crippen molar-refractivity contribution in [2.24, 2.45) is 0 Å². The summed E-state index contributed by atoms with van der Waals surface area (Å²) in [4.78, 5) is 39.6. The Morgan fingerprint density at radius 3 is 2.05 bits per heavy atom. The van der Waals surface area contributed by atoms with Crippen LogP contribution in [-0.2, 0) is 23.6 Å². The Balaban J connectivity index is 1.63. The summed E-state index contributed by atoms with van der Waals surface area (Å²) in [5, 5.41) is 10.9. The number of benzene rings is 3. The monoisotopic (exact) mass is 619 g/mol. The number of nitro groups is 1. The Morgan fingerprint density at radius 2 is 1.50 bits per heavy atom. The van der Waals surface area contributed by atoms with E-state index in [0.29, 0.717) is 17.7 Å². The molecule has 1 atom stereocenters. The van der Waals surface area contributed by atoms with Crippen LogP contribution in [0, 0.1) is 24.0 Å². The number of carbonyl (C=O) groups excluding carboxylic acids is 2. The number of amides is 2. The first kappa shape index (κ1) is 32.2. The van der Waals surface area contributed by atoms with Crippen LogP contribution in [0.1, 0.15) is 43.7 Å². The first-order valence-corrected chi connectivity index (χ1v) is 13.4. The minimum absolute atomic E-state index is 0.0241. The summed E-state index contributed by atoms with van der Waals surface area (Å²) in [6.45, 7) is 3.59. The average Bonchev–Trinajstić information content (AvgIpc) is 2.96. The van der Waals surface area contributed by atoms with Crippen molar-refractivity contribution < 1.29 is 40.9 Å². The summed E-state index contributed by atoms with van der Waals surface area (Å²) in [6.07, 6.45) is -7.32. The van der Waals surface area contributed by atoms with E-state index in [1.165, 1.54) is 46.2 Å². The molecule has 3 aromatic rings. The second-order valence-electron chi connectivity index (χ2n) is 10.5. The zero-order valence-electron chi connectivity index (χ0n) is 23.6. The van der Waals surface area contributed by atoms with Gasteiger partial charge in [0.25, 0.3) is 11.6 Å². The van der Waals surface area contributed by atoms with E-state index in [0.717, 1.165) is 16.7 Å². The zero-order valence-corrected chi connectivity index (χ0v) is 23.6. The molecule has 1 fully saturated rings. The van der Waals surface area contributed by atoms with Crippen LogP contribution in [0.3, 0.4) is 0 Å². The summed E-state index contributed by atoms with van der Waals surface area (Å²) < 4.78 is 81.0. The van der Waals surface area contributed by atoms with E-state index in [4.69, 9.17) is 0 Å². The highest BCUT2D eigenvalue weighted by Crippen LogP contribution is 2.37. The SMILES string of the molecule is Cc1ccc(C[C@@H]2CN(C(=O)/C=C/c3ccc([N+](=O)[O-])cc3)CCN2C(=O)c2cc(C(F)(F)F)cc(C(F)(F)F)c2)cc1C. The molecule has 1 aliphatic rings. The van der Waals surface area contributed by atoms with Gasteiger partial charge >= 0.3 is 12.4 Å². The van der Waals surface area contributed by atoms with Crippen LogP contribution < -0.4 is 0 Å². The third-order valence-electron chi connectivity index (χ3n) is 7.45. The van der Waals surface area contributed by atoms with E-state index in [1.807, 2.05) is 32.0 Å². The molecule has 0 bridgehead atoms. The van der Waals surface area contributed by atoms with Gasteiger partial charge in [-0.25, -0.2) is 0 Å². The van der Waals surface area contributed by atoms with Gasteiger partial charge in [0.15, 0.2) is 0 Å². The van der Waals surface area contributed by atoms with Crippen LogP contribution in [0.15, 0.2) is 66.7 Å². The molecule has 0 aliphatic carbocycles. The summed E-state index contributed by atoms with van der Waals surface area (Å²) in [5.74, 6) is -1.46. The minimum atomic E-state index is -5.11. The fourth-order valence-electron chi connectivity index (χ4n) is 4.92.